The van der Waals surface area contributed by atoms with Gasteiger partial charge in [-0.1, -0.05) is 29.8 Å². The van der Waals surface area contributed by atoms with Gasteiger partial charge in [-0.25, -0.2) is 0 Å². The van der Waals surface area contributed by atoms with Gasteiger partial charge < -0.3 is 11.1 Å². The largest absolute Gasteiger partial charge is 0.398 e. The summed E-state index contributed by atoms with van der Waals surface area (Å²) in [6, 6.07) is 7.94. The summed E-state index contributed by atoms with van der Waals surface area (Å²) in [4.78, 5) is 0. The molecule has 1 aromatic carbocycles. The summed E-state index contributed by atoms with van der Waals surface area (Å²) in [5.41, 5.74) is 9.16. The van der Waals surface area contributed by atoms with E-state index in [1.165, 1.54) is 5.57 Å². The molecule has 0 unspecified atom stereocenters. The highest BCUT2D eigenvalue weighted by Gasteiger charge is 1.94. The van der Waals surface area contributed by atoms with E-state index in [0.717, 1.165) is 24.3 Å². The maximum atomic E-state index is 5.81. The smallest absolute Gasteiger partial charge is 0.0359 e. The zero-order chi connectivity index (χ0) is 10.4. The number of nitrogens with two attached hydrogens (primary N) is 1. The molecular formula is C12H18N2. The van der Waals surface area contributed by atoms with E-state index in [1.807, 2.05) is 24.3 Å². The molecule has 0 fully saturated rings. The highest BCUT2D eigenvalue weighted by Crippen LogP contribution is 2.09. The Morgan fingerprint density at radius 3 is 2.71 bits per heavy atom. The fourth-order valence-corrected chi connectivity index (χ4v) is 1.18. The Morgan fingerprint density at radius 1 is 1.36 bits per heavy atom. The van der Waals surface area contributed by atoms with E-state index in [4.69, 9.17) is 5.73 Å². The zero-order valence-electron chi connectivity index (χ0n) is 8.88. The second kappa shape index (κ2) is 5.45. The predicted molar refractivity (Wildman–Crippen MR) is 62.0 cm³/mol. The molecule has 0 saturated heterocycles. The molecular weight excluding hydrogens is 172 g/mol. The topological polar surface area (TPSA) is 38.0 Å². The second-order valence-electron chi connectivity index (χ2n) is 3.61. The van der Waals surface area contributed by atoms with Crippen molar-refractivity contribution in [3.8, 4) is 0 Å². The first-order valence-corrected chi connectivity index (χ1v) is 4.87. The minimum absolute atomic E-state index is 0.830. The lowest BCUT2D eigenvalue weighted by Gasteiger charge is -2.05. The van der Waals surface area contributed by atoms with Crippen molar-refractivity contribution in [2.24, 2.45) is 0 Å². The van der Waals surface area contributed by atoms with Crippen LogP contribution in [0.3, 0.4) is 0 Å². The third-order valence-electron chi connectivity index (χ3n) is 2.03. The monoisotopic (exact) mass is 190 g/mol. The van der Waals surface area contributed by atoms with Gasteiger partial charge in [0.2, 0.25) is 0 Å². The van der Waals surface area contributed by atoms with Gasteiger partial charge in [0, 0.05) is 18.8 Å². The average molecular weight is 190 g/mol. The van der Waals surface area contributed by atoms with Crippen LogP contribution in [0.15, 0.2) is 35.9 Å². The van der Waals surface area contributed by atoms with Crippen LogP contribution in [0.4, 0.5) is 5.69 Å². The molecule has 76 valence electrons. The van der Waals surface area contributed by atoms with E-state index in [2.05, 4.69) is 25.2 Å². The Balaban J connectivity index is 2.39. The van der Waals surface area contributed by atoms with E-state index < -0.39 is 0 Å². The summed E-state index contributed by atoms with van der Waals surface area (Å²) >= 11 is 0. The van der Waals surface area contributed by atoms with Crippen LogP contribution < -0.4 is 11.1 Å². The molecule has 0 amide bonds. The first kappa shape index (κ1) is 10.8. The highest BCUT2D eigenvalue weighted by atomic mass is 14.8. The van der Waals surface area contributed by atoms with Crippen LogP contribution in [0.2, 0.25) is 0 Å². The minimum atomic E-state index is 0.830. The van der Waals surface area contributed by atoms with Gasteiger partial charge in [0.05, 0.1) is 0 Å². The maximum Gasteiger partial charge on any atom is 0.0359 e. The molecule has 0 aliphatic heterocycles. The maximum absolute atomic E-state index is 5.81. The van der Waals surface area contributed by atoms with E-state index in [-0.39, 0.29) is 0 Å². The number of para-hydroxylation sites is 1. The summed E-state index contributed by atoms with van der Waals surface area (Å²) in [5, 5.41) is 3.32. The normalized spacial score (nSPS) is 9.86. The van der Waals surface area contributed by atoms with Gasteiger partial charge in [0.1, 0.15) is 0 Å². The Hall–Kier alpha value is -1.28. The number of rotatable bonds is 4. The van der Waals surface area contributed by atoms with Gasteiger partial charge in [0.25, 0.3) is 0 Å². The highest BCUT2D eigenvalue weighted by molar-refractivity contribution is 5.46. The Kier molecular flexibility index (Phi) is 4.20. The van der Waals surface area contributed by atoms with Gasteiger partial charge >= 0.3 is 0 Å². The molecule has 0 saturated carbocycles. The average Bonchev–Trinajstić information content (AvgIpc) is 2.15. The first-order valence-electron chi connectivity index (χ1n) is 4.87. The molecule has 0 radical (unpaired) electrons. The van der Waals surface area contributed by atoms with Crippen LogP contribution >= 0.6 is 0 Å². The van der Waals surface area contributed by atoms with Crippen LogP contribution in [0.25, 0.3) is 0 Å². The van der Waals surface area contributed by atoms with E-state index in [0.29, 0.717) is 0 Å². The molecule has 0 aliphatic carbocycles. The first-order chi connectivity index (χ1) is 6.70. The summed E-state index contributed by atoms with van der Waals surface area (Å²) < 4.78 is 0. The number of nitrogens with one attached hydrogen (secondary N) is 1. The minimum Gasteiger partial charge on any atom is -0.398 e. The summed E-state index contributed by atoms with van der Waals surface area (Å²) in [6.07, 6.45) is 2.17. The van der Waals surface area contributed by atoms with Gasteiger partial charge in [-0.15, -0.1) is 0 Å². The van der Waals surface area contributed by atoms with Crippen LogP contribution in [0, 0.1) is 0 Å². The molecule has 0 bridgehead atoms. The number of allylic oxidation sites excluding steroid dienone is 1. The molecule has 0 spiro atoms. The number of hydrogen-bond acceptors (Lipinski definition) is 2. The van der Waals surface area contributed by atoms with Crippen LogP contribution in [0.1, 0.15) is 19.4 Å². The van der Waals surface area contributed by atoms with Crippen molar-refractivity contribution in [2.75, 3.05) is 12.3 Å². The summed E-state index contributed by atoms with van der Waals surface area (Å²) in [5.74, 6) is 0. The summed E-state index contributed by atoms with van der Waals surface area (Å²) in [7, 11) is 0. The standard InChI is InChI=1S/C12H18N2/c1-10(2)7-8-14-9-11-5-3-4-6-12(11)13/h3-7,14H,8-9,13H2,1-2H3. The van der Waals surface area contributed by atoms with Crippen molar-refractivity contribution in [3.63, 3.8) is 0 Å². The van der Waals surface area contributed by atoms with Crippen LogP contribution in [-0.4, -0.2) is 6.54 Å². The van der Waals surface area contributed by atoms with Gasteiger partial charge in [-0.3, -0.25) is 0 Å². The molecule has 0 aliphatic rings. The quantitative estimate of drug-likeness (QED) is 0.434. The fraction of sp³-hybridized carbons (Fsp3) is 0.333. The zero-order valence-corrected chi connectivity index (χ0v) is 8.88. The lowest BCUT2D eigenvalue weighted by molar-refractivity contribution is 0.758. The van der Waals surface area contributed by atoms with Crippen LogP contribution in [0.5, 0.6) is 0 Å². The fourth-order valence-electron chi connectivity index (χ4n) is 1.18. The molecule has 0 atom stereocenters. The molecule has 14 heavy (non-hydrogen) atoms. The lowest BCUT2D eigenvalue weighted by atomic mass is 10.2. The van der Waals surface area contributed by atoms with Crippen molar-refractivity contribution in [2.45, 2.75) is 20.4 Å². The third-order valence-corrected chi connectivity index (χ3v) is 2.03. The van der Waals surface area contributed by atoms with Gasteiger partial charge in [-0.2, -0.15) is 0 Å². The number of nitrogen functional groups attached to an aromatic ring is 1. The van der Waals surface area contributed by atoms with Crippen molar-refractivity contribution in [1.82, 2.24) is 5.32 Å². The van der Waals surface area contributed by atoms with Gasteiger partial charge in [-0.05, 0) is 25.5 Å². The molecule has 0 heterocycles. The SMILES string of the molecule is CC(C)=CCNCc1ccccc1N. The molecule has 0 aromatic heterocycles. The molecule has 3 N–H and O–H groups in total. The molecule has 2 heteroatoms. The third kappa shape index (κ3) is 3.62. The predicted octanol–water partition coefficient (Wildman–Crippen LogP) is 2.32. The van der Waals surface area contributed by atoms with Crippen LogP contribution in [-0.2, 0) is 6.54 Å². The van der Waals surface area contributed by atoms with E-state index >= 15 is 0 Å². The second-order valence-corrected chi connectivity index (χ2v) is 3.61. The Labute approximate surface area is 85.8 Å². The van der Waals surface area contributed by atoms with Crippen molar-refractivity contribution < 1.29 is 0 Å². The Morgan fingerprint density at radius 2 is 2.07 bits per heavy atom. The van der Waals surface area contributed by atoms with Crippen molar-refractivity contribution in [1.29, 1.82) is 0 Å². The number of anilines is 1. The molecule has 1 aromatic rings. The summed E-state index contributed by atoms with van der Waals surface area (Å²) in [6.45, 7) is 5.92. The Bertz CT molecular complexity index is 312. The van der Waals surface area contributed by atoms with E-state index in [9.17, 15) is 0 Å². The number of benzene rings is 1. The number of hydrogen-bond donors (Lipinski definition) is 2. The molecule has 2 nitrogen and oxygen atoms in total. The molecule has 1 rings (SSSR count). The van der Waals surface area contributed by atoms with E-state index in [1.54, 1.807) is 0 Å². The van der Waals surface area contributed by atoms with Crippen molar-refractivity contribution >= 4 is 5.69 Å². The lowest BCUT2D eigenvalue weighted by Crippen LogP contribution is -2.14. The van der Waals surface area contributed by atoms with Crippen molar-refractivity contribution in [3.05, 3.63) is 41.5 Å². The van der Waals surface area contributed by atoms with Gasteiger partial charge in [0.15, 0.2) is 0 Å².